The lowest BCUT2D eigenvalue weighted by Gasteiger charge is -2.29. The van der Waals surface area contributed by atoms with E-state index in [-0.39, 0.29) is 21.8 Å². The summed E-state index contributed by atoms with van der Waals surface area (Å²) in [5, 5.41) is 9.37. The van der Waals surface area contributed by atoms with Crippen LogP contribution in [0.1, 0.15) is 64.6 Å². The monoisotopic (exact) mass is 310 g/mol. The van der Waals surface area contributed by atoms with Crippen molar-refractivity contribution < 1.29 is 19.4 Å². The first kappa shape index (κ1) is 16.0. The van der Waals surface area contributed by atoms with Crippen LogP contribution < -0.4 is 0 Å². The molecule has 0 spiro atoms. The van der Waals surface area contributed by atoms with Gasteiger partial charge in [-0.15, -0.1) is 11.3 Å². The minimum absolute atomic E-state index is 0.0942. The molecule has 0 saturated heterocycles. The zero-order chi connectivity index (χ0) is 15.8. The summed E-state index contributed by atoms with van der Waals surface area (Å²) in [6.07, 6.45) is 2.59. The molecule has 1 heterocycles. The number of aryl methyl sites for hydroxylation is 1. The van der Waals surface area contributed by atoms with Crippen molar-refractivity contribution in [2.75, 3.05) is 6.61 Å². The van der Waals surface area contributed by atoms with Gasteiger partial charge in [0.05, 0.1) is 12.2 Å². The molecule has 1 aliphatic rings. The molecule has 4 nitrogen and oxygen atoms in total. The third kappa shape index (κ3) is 3.46. The summed E-state index contributed by atoms with van der Waals surface area (Å²) in [7, 11) is 0. The van der Waals surface area contributed by atoms with Gasteiger partial charge in [0, 0.05) is 4.88 Å². The average Bonchev–Trinajstić information content (AvgIpc) is 2.73. The van der Waals surface area contributed by atoms with Crippen molar-refractivity contribution in [3.05, 3.63) is 20.9 Å². The Morgan fingerprint density at radius 3 is 2.62 bits per heavy atom. The van der Waals surface area contributed by atoms with E-state index in [2.05, 4.69) is 13.8 Å². The van der Waals surface area contributed by atoms with E-state index in [0.29, 0.717) is 6.61 Å². The Labute approximate surface area is 129 Å². The van der Waals surface area contributed by atoms with Gasteiger partial charge in [-0.2, -0.15) is 0 Å². The molecule has 21 heavy (non-hydrogen) atoms. The van der Waals surface area contributed by atoms with Crippen molar-refractivity contribution in [1.82, 2.24) is 0 Å². The molecule has 5 heteroatoms. The number of thiophene rings is 1. The number of carboxylic acid groups (broad SMARTS) is 1. The van der Waals surface area contributed by atoms with Gasteiger partial charge in [0.2, 0.25) is 0 Å². The summed E-state index contributed by atoms with van der Waals surface area (Å²) in [4.78, 5) is 24.9. The fourth-order valence-electron chi connectivity index (χ4n) is 2.60. The topological polar surface area (TPSA) is 63.6 Å². The number of carbonyl (C=O) groups excluding carboxylic acids is 1. The van der Waals surface area contributed by atoms with Crippen LogP contribution in [0.15, 0.2) is 0 Å². The highest BCUT2D eigenvalue weighted by Gasteiger charge is 2.35. The third-order valence-electron chi connectivity index (χ3n) is 3.72. The number of ether oxygens (including phenoxy) is 1. The van der Waals surface area contributed by atoms with Crippen LogP contribution in [0.25, 0.3) is 0 Å². The van der Waals surface area contributed by atoms with E-state index >= 15 is 0 Å². The van der Waals surface area contributed by atoms with Crippen LogP contribution in [0.5, 0.6) is 0 Å². The molecule has 0 radical (unpaired) electrons. The average molecular weight is 310 g/mol. The molecule has 0 aromatic carbocycles. The quantitative estimate of drug-likeness (QED) is 0.860. The highest BCUT2D eigenvalue weighted by Crippen LogP contribution is 2.41. The summed E-state index contributed by atoms with van der Waals surface area (Å²) in [6.45, 7) is 8.52. The van der Waals surface area contributed by atoms with Crippen LogP contribution in [0.2, 0.25) is 0 Å². The SMILES string of the molecule is CC(C)COC(=O)c1c(C(=O)O)sc2c1CC(C)(C)CC2. The molecule has 1 N–H and O–H groups in total. The zero-order valence-corrected chi connectivity index (χ0v) is 13.8. The van der Waals surface area contributed by atoms with Crippen LogP contribution in [-0.4, -0.2) is 23.7 Å². The van der Waals surface area contributed by atoms with Crippen LogP contribution >= 0.6 is 11.3 Å². The van der Waals surface area contributed by atoms with E-state index in [9.17, 15) is 14.7 Å². The molecule has 116 valence electrons. The lowest BCUT2D eigenvalue weighted by molar-refractivity contribution is 0.0449. The number of carbonyl (C=O) groups is 2. The molecule has 0 atom stereocenters. The Balaban J connectivity index is 2.40. The molecule has 0 bridgehead atoms. The minimum atomic E-state index is -1.04. The molecule has 0 saturated carbocycles. The summed E-state index contributed by atoms with van der Waals surface area (Å²) in [5.41, 5.74) is 1.27. The van der Waals surface area contributed by atoms with Crippen LogP contribution in [0.3, 0.4) is 0 Å². The fraction of sp³-hybridized carbons (Fsp3) is 0.625. The normalized spacial score (nSPS) is 16.6. The van der Waals surface area contributed by atoms with Crippen molar-refractivity contribution in [3.63, 3.8) is 0 Å². The summed E-state index contributed by atoms with van der Waals surface area (Å²) in [5.74, 6) is -1.30. The number of hydrogen-bond acceptors (Lipinski definition) is 4. The van der Waals surface area contributed by atoms with Gasteiger partial charge in [-0.05, 0) is 36.2 Å². The summed E-state index contributed by atoms with van der Waals surface area (Å²) >= 11 is 1.23. The summed E-state index contributed by atoms with van der Waals surface area (Å²) < 4.78 is 5.28. The number of rotatable bonds is 4. The number of carboxylic acids is 1. The lowest BCUT2D eigenvalue weighted by Crippen LogP contribution is -2.23. The Hall–Kier alpha value is -1.36. The summed E-state index contributed by atoms with van der Waals surface area (Å²) in [6, 6.07) is 0. The van der Waals surface area contributed by atoms with Crippen LogP contribution in [-0.2, 0) is 17.6 Å². The Morgan fingerprint density at radius 2 is 2.05 bits per heavy atom. The first-order valence-electron chi connectivity index (χ1n) is 7.26. The highest BCUT2D eigenvalue weighted by molar-refractivity contribution is 7.14. The smallest absolute Gasteiger partial charge is 0.346 e. The predicted octanol–water partition coefficient (Wildman–Crippen LogP) is 3.77. The highest BCUT2D eigenvalue weighted by atomic mass is 32.1. The largest absolute Gasteiger partial charge is 0.477 e. The van der Waals surface area contributed by atoms with E-state index in [1.807, 2.05) is 13.8 Å². The number of esters is 1. The van der Waals surface area contributed by atoms with Gasteiger partial charge in [0.15, 0.2) is 0 Å². The molecule has 1 aromatic rings. The van der Waals surface area contributed by atoms with Gasteiger partial charge in [-0.25, -0.2) is 9.59 Å². The predicted molar refractivity (Wildman–Crippen MR) is 82.2 cm³/mol. The van der Waals surface area contributed by atoms with Gasteiger partial charge >= 0.3 is 11.9 Å². The Bertz CT molecular complexity index is 569. The van der Waals surface area contributed by atoms with E-state index in [1.54, 1.807) is 0 Å². The molecule has 2 rings (SSSR count). The van der Waals surface area contributed by atoms with Gasteiger partial charge in [-0.3, -0.25) is 0 Å². The van der Waals surface area contributed by atoms with E-state index in [1.165, 1.54) is 11.3 Å². The van der Waals surface area contributed by atoms with Crippen molar-refractivity contribution in [1.29, 1.82) is 0 Å². The number of fused-ring (bicyclic) bond motifs is 1. The van der Waals surface area contributed by atoms with Gasteiger partial charge in [0.1, 0.15) is 4.88 Å². The number of hydrogen-bond donors (Lipinski definition) is 1. The van der Waals surface area contributed by atoms with Gasteiger partial charge < -0.3 is 9.84 Å². The minimum Gasteiger partial charge on any atom is -0.477 e. The van der Waals surface area contributed by atoms with Crippen molar-refractivity contribution in [2.24, 2.45) is 11.3 Å². The molecule has 1 aromatic heterocycles. The van der Waals surface area contributed by atoms with Crippen LogP contribution in [0, 0.1) is 11.3 Å². The molecular formula is C16H22O4S. The second-order valence-corrected chi connectivity index (χ2v) is 7.95. The first-order chi connectivity index (χ1) is 9.71. The molecule has 0 fully saturated rings. The Morgan fingerprint density at radius 1 is 1.38 bits per heavy atom. The zero-order valence-electron chi connectivity index (χ0n) is 13.0. The third-order valence-corrected chi connectivity index (χ3v) is 5.00. The number of aromatic carboxylic acids is 1. The molecule has 1 aliphatic carbocycles. The standard InChI is InChI=1S/C16H22O4S/c1-9(2)8-20-15(19)12-10-7-16(3,4)6-5-11(10)21-13(12)14(17)18/h9H,5-8H2,1-4H3,(H,17,18). The first-order valence-corrected chi connectivity index (χ1v) is 8.08. The van der Waals surface area contributed by atoms with Crippen molar-refractivity contribution in [2.45, 2.75) is 47.0 Å². The molecule has 0 amide bonds. The van der Waals surface area contributed by atoms with Crippen molar-refractivity contribution in [3.8, 4) is 0 Å². The molecule has 0 aliphatic heterocycles. The Kier molecular flexibility index (Phi) is 4.42. The second-order valence-electron chi connectivity index (χ2n) is 6.85. The van der Waals surface area contributed by atoms with E-state index in [4.69, 9.17) is 4.74 Å². The second kappa shape index (κ2) is 5.79. The van der Waals surface area contributed by atoms with Gasteiger partial charge in [-0.1, -0.05) is 27.7 Å². The maximum Gasteiger partial charge on any atom is 0.346 e. The fourth-order valence-corrected chi connectivity index (χ4v) is 3.74. The van der Waals surface area contributed by atoms with Crippen LogP contribution in [0.4, 0.5) is 0 Å². The van der Waals surface area contributed by atoms with Crippen molar-refractivity contribution >= 4 is 23.3 Å². The van der Waals surface area contributed by atoms with Gasteiger partial charge in [0.25, 0.3) is 0 Å². The maximum atomic E-state index is 12.3. The molecular weight excluding hydrogens is 288 g/mol. The maximum absolute atomic E-state index is 12.3. The lowest BCUT2D eigenvalue weighted by atomic mass is 9.76. The van der Waals surface area contributed by atoms with E-state index in [0.717, 1.165) is 29.7 Å². The van der Waals surface area contributed by atoms with E-state index < -0.39 is 11.9 Å². The molecule has 0 unspecified atom stereocenters.